The van der Waals surface area contributed by atoms with E-state index in [1.807, 2.05) is 17.0 Å². The number of thiophene rings is 1. The highest BCUT2D eigenvalue weighted by atomic mass is 32.1. The van der Waals surface area contributed by atoms with Crippen LogP contribution in [0, 0.1) is 17.8 Å². The van der Waals surface area contributed by atoms with Gasteiger partial charge < -0.3 is 15.4 Å². The maximum absolute atomic E-state index is 12.5. The van der Waals surface area contributed by atoms with E-state index in [-0.39, 0.29) is 5.91 Å². The van der Waals surface area contributed by atoms with Crippen LogP contribution in [0.25, 0.3) is 0 Å². The molecule has 0 aliphatic carbocycles. The summed E-state index contributed by atoms with van der Waals surface area (Å²) in [4.78, 5) is 16.0. The Labute approximate surface area is 123 Å². The number of likely N-dealkylation sites (tertiary alicyclic amines) is 1. The molecule has 0 radical (unpaired) electrons. The molecule has 1 aromatic rings. The van der Waals surface area contributed by atoms with E-state index < -0.39 is 0 Å². The first-order valence-electron chi connectivity index (χ1n) is 6.81. The summed E-state index contributed by atoms with van der Waals surface area (Å²) in [6, 6.07) is 3.74. The molecule has 20 heavy (non-hydrogen) atoms. The third-order valence-electron chi connectivity index (χ3n) is 3.34. The molecule has 1 aromatic heterocycles. The molecule has 108 valence electrons. The van der Waals surface area contributed by atoms with Gasteiger partial charge in [-0.1, -0.05) is 11.8 Å². The predicted octanol–water partition coefficient (Wildman–Crippen LogP) is 1.56. The van der Waals surface area contributed by atoms with Crippen LogP contribution in [0.3, 0.4) is 0 Å². The number of amides is 1. The zero-order valence-corrected chi connectivity index (χ0v) is 12.5. The van der Waals surface area contributed by atoms with Gasteiger partial charge in [0, 0.05) is 20.2 Å². The quantitative estimate of drug-likeness (QED) is 0.860. The van der Waals surface area contributed by atoms with Gasteiger partial charge in [-0.2, -0.15) is 0 Å². The minimum Gasteiger partial charge on any atom is -0.384 e. The molecule has 5 heteroatoms. The molecular weight excluding hydrogens is 272 g/mol. The summed E-state index contributed by atoms with van der Waals surface area (Å²) in [5.74, 6) is 6.33. The number of rotatable bonds is 3. The Hall–Kier alpha value is -1.35. The molecule has 1 amide bonds. The van der Waals surface area contributed by atoms with Crippen molar-refractivity contribution in [3.8, 4) is 11.8 Å². The Morgan fingerprint density at radius 2 is 2.45 bits per heavy atom. The molecule has 0 spiro atoms. The van der Waals surface area contributed by atoms with Crippen LogP contribution in [0.2, 0.25) is 0 Å². The van der Waals surface area contributed by atoms with Crippen LogP contribution in [-0.2, 0) is 4.74 Å². The Kier molecular flexibility index (Phi) is 5.60. The van der Waals surface area contributed by atoms with E-state index in [1.165, 1.54) is 11.3 Å². The first-order valence-corrected chi connectivity index (χ1v) is 7.63. The first kappa shape index (κ1) is 15.0. The van der Waals surface area contributed by atoms with Crippen molar-refractivity contribution in [2.24, 2.45) is 11.7 Å². The lowest BCUT2D eigenvalue weighted by molar-refractivity contribution is 0.0575. The Bertz CT molecular complexity index is 513. The standard InChI is InChI=1S/C15H20N2O2S/c1-19-11-12-4-3-9-17(10-12)15(18)14-7-6-13(20-14)5-2-8-16/h6-7,12H,3-4,8-11,16H2,1H3. The second kappa shape index (κ2) is 7.44. The van der Waals surface area contributed by atoms with Crippen LogP contribution in [0.1, 0.15) is 27.4 Å². The fourth-order valence-corrected chi connectivity index (χ4v) is 3.28. The molecule has 2 heterocycles. The summed E-state index contributed by atoms with van der Waals surface area (Å²) in [7, 11) is 1.71. The molecule has 1 aliphatic heterocycles. The Balaban J connectivity index is 2.01. The largest absolute Gasteiger partial charge is 0.384 e. The minimum absolute atomic E-state index is 0.108. The van der Waals surface area contributed by atoms with Crippen molar-refractivity contribution >= 4 is 17.2 Å². The number of nitrogens with zero attached hydrogens (tertiary/aromatic N) is 1. The number of ether oxygens (including phenoxy) is 1. The van der Waals surface area contributed by atoms with Crippen molar-refractivity contribution in [1.82, 2.24) is 4.90 Å². The normalized spacial score (nSPS) is 18.5. The van der Waals surface area contributed by atoms with Crippen LogP contribution in [-0.4, -0.2) is 44.2 Å². The first-order chi connectivity index (χ1) is 9.74. The molecule has 0 bridgehead atoms. The third kappa shape index (κ3) is 3.83. The highest BCUT2D eigenvalue weighted by Gasteiger charge is 2.25. The number of carbonyl (C=O) groups excluding carboxylic acids is 1. The van der Waals surface area contributed by atoms with Crippen molar-refractivity contribution in [2.45, 2.75) is 12.8 Å². The summed E-state index contributed by atoms with van der Waals surface area (Å²) < 4.78 is 5.20. The van der Waals surface area contributed by atoms with Crippen LogP contribution < -0.4 is 5.73 Å². The van der Waals surface area contributed by atoms with Crippen molar-refractivity contribution < 1.29 is 9.53 Å². The van der Waals surface area contributed by atoms with E-state index in [0.29, 0.717) is 12.5 Å². The van der Waals surface area contributed by atoms with Gasteiger partial charge in [-0.15, -0.1) is 11.3 Å². The molecule has 0 saturated carbocycles. The average molecular weight is 292 g/mol. The van der Waals surface area contributed by atoms with Gasteiger partial charge in [0.15, 0.2) is 0 Å². The number of hydrogen-bond acceptors (Lipinski definition) is 4. The fourth-order valence-electron chi connectivity index (χ4n) is 2.44. The molecule has 1 aliphatic rings. The van der Waals surface area contributed by atoms with E-state index in [0.717, 1.165) is 42.3 Å². The lowest BCUT2D eigenvalue weighted by Gasteiger charge is -2.32. The van der Waals surface area contributed by atoms with E-state index >= 15 is 0 Å². The molecule has 1 unspecified atom stereocenters. The van der Waals surface area contributed by atoms with Crippen LogP contribution in [0.5, 0.6) is 0 Å². The summed E-state index contributed by atoms with van der Waals surface area (Å²) in [6.07, 6.45) is 2.18. The summed E-state index contributed by atoms with van der Waals surface area (Å²) in [5.41, 5.74) is 5.35. The van der Waals surface area contributed by atoms with Gasteiger partial charge in [-0.3, -0.25) is 4.79 Å². The van der Waals surface area contributed by atoms with Crippen LogP contribution in [0.4, 0.5) is 0 Å². The molecule has 2 N–H and O–H groups in total. The summed E-state index contributed by atoms with van der Waals surface area (Å²) in [6.45, 7) is 2.68. The Morgan fingerprint density at radius 1 is 1.60 bits per heavy atom. The molecular formula is C15H20N2O2S. The molecule has 1 atom stereocenters. The topological polar surface area (TPSA) is 55.6 Å². The predicted molar refractivity (Wildman–Crippen MR) is 80.8 cm³/mol. The third-order valence-corrected chi connectivity index (χ3v) is 4.33. The number of methoxy groups -OCH3 is 1. The number of carbonyl (C=O) groups is 1. The molecule has 1 fully saturated rings. The number of hydrogen-bond donors (Lipinski definition) is 1. The molecule has 4 nitrogen and oxygen atoms in total. The highest BCUT2D eigenvalue weighted by molar-refractivity contribution is 7.14. The zero-order chi connectivity index (χ0) is 14.4. The smallest absolute Gasteiger partial charge is 0.263 e. The lowest BCUT2D eigenvalue weighted by atomic mass is 9.99. The van der Waals surface area contributed by atoms with E-state index in [4.69, 9.17) is 10.5 Å². The van der Waals surface area contributed by atoms with Gasteiger partial charge in [0.2, 0.25) is 0 Å². The summed E-state index contributed by atoms with van der Waals surface area (Å²) >= 11 is 1.44. The number of nitrogens with two attached hydrogens (primary N) is 1. The van der Waals surface area contributed by atoms with Gasteiger partial charge in [-0.25, -0.2) is 0 Å². The molecule has 0 aromatic carbocycles. The SMILES string of the molecule is COCC1CCCN(C(=O)c2ccc(C#CCN)s2)C1. The van der Waals surface area contributed by atoms with Gasteiger partial charge >= 0.3 is 0 Å². The maximum atomic E-state index is 12.5. The second-order valence-electron chi connectivity index (χ2n) is 4.88. The Morgan fingerprint density at radius 3 is 3.20 bits per heavy atom. The van der Waals surface area contributed by atoms with E-state index in [9.17, 15) is 4.79 Å². The van der Waals surface area contributed by atoms with Crippen LogP contribution >= 0.6 is 11.3 Å². The van der Waals surface area contributed by atoms with E-state index in [1.54, 1.807) is 7.11 Å². The number of piperidine rings is 1. The highest BCUT2D eigenvalue weighted by Crippen LogP contribution is 2.22. The van der Waals surface area contributed by atoms with E-state index in [2.05, 4.69) is 11.8 Å². The van der Waals surface area contributed by atoms with Crippen molar-refractivity contribution in [3.63, 3.8) is 0 Å². The van der Waals surface area contributed by atoms with Crippen molar-refractivity contribution in [1.29, 1.82) is 0 Å². The van der Waals surface area contributed by atoms with Gasteiger partial charge in [0.25, 0.3) is 5.91 Å². The van der Waals surface area contributed by atoms with Gasteiger partial charge in [0.05, 0.1) is 22.9 Å². The average Bonchev–Trinajstić information content (AvgIpc) is 2.94. The lowest BCUT2D eigenvalue weighted by Crippen LogP contribution is -2.40. The maximum Gasteiger partial charge on any atom is 0.263 e. The second-order valence-corrected chi connectivity index (χ2v) is 5.97. The molecule has 2 rings (SSSR count). The van der Waals surface area contributed by atoms with Crippen molar-refractivity contribution in [2.75, 3.05) is 33.4 Å². The minimum atomic E-state index is 0.108. The van der Waals surface area contributed by atoms with Gasteiger partial charge in [0.1, 0.15) is 0 Å². The van der Waals surface area contributed by atoms with Crippen molar-refractivity contribution in [3.05, 3.63) is 21.9 Å². The molecule has 1 saturated heterocycles. The zero-order valence-electron chi connectivity index (χ0n) is 11.7. The van der Waals surface area contributed by atoms with Gasteiger partial charge in [-0.05, 0) is 30.9 Å². The summed E-state index contributed by atoms with van der Waals surface area (Å²) in [5, 5.41) is 0. The van der Waals surface area contributed by atoms with Crippen LogP contribution in [0.15, 0.2) is 12.1 Å². The monoisotopic (exact) mass is 292 g/mol. The fraction of sp³-hybridized carbons (Fsp3) is 0.533.